The van der Waals surface area contributed by atoms with E-state index < -0.39 is 0 Å². The number of methoxy groups -OCH3 is 2. The summed E-state index contributed by atoms with van der Waals surface area (Å²) in [6, 6.07) is 7.88. The first-order valence-corrected chi connectivity index (χ1v) is 10.3. The first-order valence-electron chi connectivity index (χ1n) is 10.3. The number of hydrogen-bond donors (Lipinski definition) is 2. The van der Waals surface area contributed by atoms with Crippen molar-refractivity contribution in [3.05, 3.63) is 36.0 Å². The lowest BCUT2D eigenvalue weighted by atomic mass is 9.91. The maximum atomic E-state index is 12.6. The fraction of sp³-hybridized carbons (Fsp3) is 0.500. The van der Waals surface area contributed by atoms with Gasteiger partial charge in [-0.05, 0) is 49.9 Å². The van der Waals surface area contributed by atoms with E-state index in [2.05, 4.69) is 20.6 Å². The minimum absolute atomic E-state index is 0.0000188. The van der Waals surface area contributed by atoms with Crippen LogP contribution in [0.15, 0.2) is 30.5 Å². The van der Waals surface area contributed by atoms with Crippen LogP contribution in [0, 0.1) is 0 Å². The number of nitrogens with zero attached hydrogens (tertiary/aromatic N) is 3. The minimum atomic E-state index is -0.0000188. The van der Waals surface area contributed by atoms with Gasteiger partial charge in [-0.3, -0.25) is 4.79 Å². The number of benzene rings is 1. The van der Waals surface area contributed by atoms with Crippen LogP contribution in [0.2, 0.25) is 0 Å². The van der Waals surface area contributed by atoms with Crippen LogP contribution in [-0.2, 0) is 11.2 Å². The van der Waals surface area contributed by atoms with Gasteiger partial charge in [0.1, 0.15) is 17.3 Å². The molecule has 1 heterocycles. The SMILES string of the molecule is COc1ccc(OC)c(CC(=O)N[C@H]2CC[C@@H](Nc3nccc(N(C)C)n3)CC2)c1. The molecule has 1 fully saturated rings. The Balaban J connectivity index is 1.49. The first-order chi connectivity index (χ1) is 14.5. The molecule has 0 saturated heterocycles. The zero-order valence-corrected chi connectivity index (χ0v) is 18.1. The van der Waals surface area contributed by atoms with Gasteiger partial charge < -0.3 is 25.0 Å². The van der Waals surface area contributed by atoms with Gasteiger partial charge in [-0.25, -0.2) is 4.98 Å². The zero-order chi connectivity index (χ0) is 21.5. The maximum Gasteiger partial charge on any atom is 0.224 e. The highest BCUT2D eigenvalue weighted by Gasteiger charge is 2.23. The van der Waals surface area contributed by atoms with E-state index in [1.165, 1.54) is 0 Å². The normalized spacial score (nSPS) is 18.4. The summed E-state index contributed by atoms with van der Waals surface area (Å²) in [5.41, 5.74) is 0.822. The van der Waals surface area contributed by atoms with Gasteiger partial charge in [0, 0.05) is 37.9 Å². The monoisotopic (exact) mass is 413 g/mol. The van der Waals surface area contributed by atoms with Crippen molar-refractivity contribution in [1.82, 2.24) is 15.3 Å². The molecule has 0 radical (unpaired) electrons. The van der Waals surface area contributed by atoms with E-state index in [1.807, 2.05) is 43.3 Å². The molecule has 2 aromatic rings. The molecule has 1 aromatic carbocycles. The second kappa shape index (κ2) is 10.1. The summed E-state index contributed by atoms with van der Waals surface area (Å²) in [6.45, 7) is 0. The molecule has 30 heavy (non-hydrogen) atoms. The van der Waals surface area contributed by atoms with Gasteiger partial charge in [0.05, 0.1) is 20.6 Å². The van der Waals surface area contributed by atoms with Gasteiger partial charge in [-0.1, -0.05) is 0 Å². The molecule has 0 bridgehead atoms. The predicted molar refractivity (Wildman–Crippen MR) is 117 cm³/mol. The number of carbonyl (C=O) groups excluding carboxylic acids is 1. The Kier molecular flexibility index (Phi) is 7.32. The molecule has 8 heteroatoms. The lowest BCUT2D eigenvalue weighted by molar-refractivity contribution is -0.121. The molecular weight excluding hydrogens is 382 g/mol. The summed E-state index contributed by atoms with van der Waals surface area (Å²) in [7, 11) is 7.14. The lowest BCUT2D eigenvalue weighted by Crippen LogP contribution is -2.41. The molecule has 1 amide bonds. The number of rotatable bonds is 8. The molecule has 1 aliphatic carbocycles. The Bertz CT molecular complexity index is 850. The van der Waals surface area contributed by atoms with E-state index in [1.54, 1.807) is 20.4 Å². The summed E-state index contributed by atoms with van der Waals surface area (Å²) in [6.07, 6.45) is 5.80. The van der Waals surface area contributed by atoms with Crippen molar-refractivity contribution in [2.24, 2.45) is 0 Å². The van der Waals surface area contributed by atoms with Crippen molar-refractivity contribution in [2.45, 2.75) is 44.2 Å². The molecule has 2 N–H and O–H groups in total. The second-order valence-corrected chi connectivity index (χ2v) is 7.75. The van der Waals surface area contributed by atoms with Crippen LogP contribution in [0.25, 0.3) is 0 Å². The van der Waals surface area contributed by atoms with Crippen LogP contribution in [0.1, 0.15) is 31.2 Å². The summed E-state index contributed by atoms with van der Waals surface area (Å²) >= 11 is 0. The van der Waals surface area contributed by atoms with E-state index in [4.69, 9.17) is 9.47 Å². The molecule has 1 aliphatic rings. The molecule has 1 aromatic heterocycles. The highest BCUT2D eigenvalue weighted by Crippen LogP contribution is 2.25. The Morgan fingerprint density at radius 1 is 1.10 bits per heavy atom. The van der Waals surface area contributed by atoms with Crippen molar-refractivity contribution in [3.63, 3.8) is 0 Å². The largest absolute Gasteiger partial charge is 0.497 e. The fourth-order valence-corrected chi connectivity index (χ4v) is 3.70. The summed E-state index contributed by atoms with van der Waals surface area (Å²) in [5, 5.41) is 6.59. The Hall–Kier alpha value is -3.03. The first kappa shape index (κ1) is 21.7. The average molecular weight is 414 g/mol. The van der Waals surface area contributed by atoms with Crippen LogP contribution in [-0.4, -0.2) is 56.3 Å². The van der Waals surface area contributed by atoms with Gasteiger partial charge in [-0.2, -0.15) is 4.98 Å². The van der Waals surface area contributed by atoms with Crippen molar-refractivity contribution in [1.29, 1.82) is 0 Å². The Labute approximate surface area is 178 Å². The molecule has 1 saturated carbocycles. The zero-order valence-electron chi connectivity index (χ0n) is 18.1. The second-order valence-electron chi connectivity index (χ2n) is 7.75. The summed E-state index contributed by atoms with van der Waals surface area (Å²) in [4.78, 5) is 23.4. The third kappa shape index (κ3) is 5.75. The number of ether oxygens (including phenoxy) is 2. The third-order valence-electron chi connectivity index (χ3n) is 5.36. The number of aromatic nitrogens is 2. The highest BCUT2D eigenvalue weighted by molar-refractivity contribution is 5.79. The molecule has 3 rings (SSSR count). The molecule has 0 aliphatic heterocycles. The van der Waals surface area contributed by atoms with Crippen LogP contribution in [0.3, 0.4) is 0 Å². The smallest absolute Gasteiger partial charge is 0.224 e. The summed E-state index contributed by atoms with van der Waals surface area (Å²) in [5.74, 6) is 2.93. The molecule has 8 nitrogen and oxygen atoms in total. The summed E-state index contributed by atoms with van der Waals surface area (Å²) < 4.78 is 10.6. The molecule has 0 spiro atoms. The Morgan fingerprint density at radius 3 is 2.50 bits per heavy atom. The predicted octanol–water partition coefficient (Wildman–Crippen LogP) is 2.64. The number of hydrogen-bond acceptors (Lipinski definition) is 7. The van der Waals surface area contributed by atoms with Crippen molar-refractivity contribution in [2.75, 3.05) is 38.5 Å². The van der Waals surface area contributed by atoms with Crippen LogP contribution in [0.5, 0.6) is 11.5 Å². The number of amides is 1. The van der Waals surface area contributed by atoms with Crippen molar-refractivity contribution >= 4 is 17.7 Å². The van der Waals surface area contributed by atoms with Crippen molar-refractivity contribution in [3.8, 4) is 11.5 Å². The molecule has 0 unspecified atom stereocenters. The third-order valence-corrected chi connectivity index (χ3v) is 5.36. The van der Waals surface area contributed by atoms with Gasteiger partial charge in [0.15, 0.2) is 0 Å². The van der Waals surface area contributed by atoms with Crippen molar-refractivity contribution < 1.29 is 14.3 Å². The Morgan fingerprint density at radius 2 is 1.83 bits per heavy atom. The standard InChI is InChI=1S/C22H31N5O3/c1-27(2)20-11-12-23-22(26-20)25-17-7-5-16(6-8-17)24-21(28)14-15-13-18(29-3)9-10-19(15)30-4/h9-13,16-17H,5-8,14H2,1-4H3,(H,24,28)(H,23,25,26)/t16-,17+. The quantitative estimate of drug-likeness (QED) is 0.688. The average Bonchev–Trinajstić information content (AvgIpc) is 2.75. The minimum Gasteiger partial charge on any atom is -0.497 e. The number of anilines is 2. The van der Waals surface area contributed by atoms with E-state index >= 15 is 0 Å². The maximum absolute atomic E-state index is 12.6. The van der Waals surface area contributed by atoms with Gasteiger partial charge in [-0.15, -0.1) is 0 Å². The van der Waals surface area contributed by atoms with Gasteiger partial charge in [0.2, 0.25) is 11.9 Å². The van der Waals surface area contributed by atoms with E-state index in [9.17, 15) is 4.79 Å². The van der Waals surface area contributed by atoms with Gasteiger partial charge >= 0.3 is 0 Å². The van der Waals surface area contributed by atoms with Crippen LogP contribution in [0.4, 0.5) is 11.8 Å². The number of nitrogens with one attached hydrogen (secondary N) is 2. The molecule has 162 valence electrons. The lowest BCUT2D eigenvalue weighted by Gasteiger charge is -2.30. The molecular formula is C22H31N5O3. The number of carbonyl (C=O) groups is 1. The van der Waals surface area contributed by atoms with Gasteiger partial charge in [0.25, 0.3) is 0 Å². The highest BCUT2D eigenvalue weighted by atomic mass is 16.5. The fourth-order valence-electron chi connectivity index (χ4n) is 3.70. The van der Waals surface area contributed by atoms with E-state index in [0.29, 0.717) is 23.5 Å². The topological polar surface area (TPSA) is 88.6 Å². The van der Waals surface area contributed by atoms with Crippen LogP contribution >= 0.6 is 0 Å². The van der Waals surface area contributed by atoms with E-state index in [0.717, 1.165) is 37.1 Å². The van der Waals surface area contributed by atoms with Crippen LogP contribution < -0.4 is 25.0 Å². The molecule has 0 atom stereocenters. The van der Waals surface area contributed by atoms with E-state index in [-0.39, 0.29) is 18.4 Å².